The lowest BCUT2D eigenvalue weighted by Crippen LogP contribution is -2.40. The summed E-state index contributed by atoms with van der Waals surface area (Å²) in [6, 6.07) is 7.40. The molecule has 1 amide bonds. The molecule has 1 atom stereocenters. The second-order valence-electron chi connectivity index (χ2n) is 5.14. The van der Waals surface area contributed by atoms with Crippen molar-refractivity contribution in [2.45, 2.75) is 25.9 Å². The predicted molar refractivity (Wildman–Crippen MR) is 80.9 cm³/mol. The summed E-state index contributed by atoms with van der Waals surface area (Å²) in [6.07, 6.45) is 6.53. The number of aromatic nitrogens is 2. The maximum atomic E-state index is 12.4. The summed E-state index contributed by atoms with van der Waals surface area (Å²) in [6.45, 7) is 2.64. The van der Waals surface area contributed by atoms with Crippen molar-refractivity contribution in [1.82, 2.24) is 14.7 Å². The summed E-state index contributed by atoms with van der Waals surface area (Å²) in [5.74, 6) is -0.0725. The minimum absolute atomic E-state index is 0.0121. The van der Waals surface area contributed by atoms with Gasteiger partial charge in [0, 0.05) is 11.9 Å². The van der Waals surface area contributed by atoms with Crippen LogP contribution in [0.15, 0.2) is 47.4 Å². The van der Waals surface area contributed by atoms with Gasteiger partial charge in [-0.25, -0.2) is 4.68 Å². The summed E-state index contributed by atoms with van der Waals surface area (Å²) < 4.78 is 1.25. The Labute approximate surface area is 122 Å². The first-order valence-electron chi connectivity index (χ1n) is 7.11. The van der Waals surface area contributed by atoms with Crippen molar-refractivity contribution < 1.29 is 4.79 Å². The third kappa shape index (κ3) is 2.46. The van der Waals surface area contributed by atoms with Crippen LogP contribution in [0.5, 0.6) is 0 Å². The average Bonchev–Trinajstić information content (AvgIpc) is 2.99. The highest BCUT2D eigenvalue weighted by molar-refractivity contribution is 5.81. The molecule has 2 aromatic rings. The van der Waals surface area contributed by atoms with Gasteiger partial charge >= 0.3 is 0 Å². The van der Waals surface area contributed by atoms with E-state index >= 15 is 0 Å². The third-order valence-corrected chi connectivity index (χ3v) is 3.85. The van der Waals surface area contributed by atoms with E-state index in [4.69, 9.17) is 0 Å². The lowest BCUT2D eigenvalue weighted by Gasteiger charge is -2.23. The van der Waals surface area contributed by atoms with E-state index in [-0.39, 0.29) is 24.1 Å². The van der Waals surface area contributed by atoms with Gasteiger partial charge in [0.05, 0.1) is 17.6 Å². The first-order chi connectivity index (χ1) is 10.2. The number of carbonyl (C=O) groups is 1. The molecular formula is C16H17N3O2. The van der Waals surface area contributed by atoms with E-state index in [9.17, 15) is 9.59 Å². The van der Waals surface area contributed by atoms with Gasteiger partial charge in [0.15, 0.2) is 0 Å². The Hall–Kier alpha value is -2.43. The first kappa shape index (κ1) is 13.5. The molecule has 1 aliphatic rings. The molecule has 5 nitrogen and oxygen atoms in total. The van der Waals surface area contributed by atoms with Crippen LogP contribution < -0.4 is 5.56 Å². The molecule has 0 spiro atoms. The van der Waals surface area contributed by atoms with Gasteiger partial charge in [-0.2, -0.15) is 5.10 Å². The van der Waals surface area contributed by atoms with Crippen molar-refractivity contribution in [3.8, 4) is 0 Å². The number of rotatable bonds is 3. The standard InChI is InChI=1S/C16H17N3O2/c1-2-13-7-5-9-18(13)15(20)11-19-16(21)14-8-4-3-6-12(14)10-17-19/h3-8,10,13H,2,9,11H2,1H3/t13-/m0/s1. The number of carbonyl (C=O) groups excluding carboxylic acids is 1. The summed E-state index contributed by atoms with van der Waals surface area (Å²) in [7, 11) is 0. The fourth-order valence-corrected chi connectivity index (χ4v) is 2.67. The van der Waals surface area contributed by atoms with Gasteiger partial charge in [-0.1, -0.05) is 37.3 Å². The zero-order chi connectivity index (χ0) is 14.8. The summed E-state index contributed by atoms with van der Waals surface area (Å²) in [5.41, 5.74) is -0.221. The summed E-state index contributed by atoms with van der Waals surface area (Å²) in [4.78, 5) is 26.5. The monoisotopic (exact) mass is 283 g/mol. The summed E-state index contributed by atoms with van der Waals surface area (Å²) >= 11 is 0. The highest BCUT2D eigenvalue weighted by Crippen LogP contribution is 2.13. The Morgan fingerprint density at radius 1 is 1.38 bits per heavy atom. The maximum absolute atomic E-state index is 12.4. The van der Waals surface area contributed by atoms with Gasteiger partial charge < -0.3 is 4.90 Å². The van der Waals surface area contributed by atoms with Gasteiger partial charge in [-0.15, -0.1) is 0 Å². The second-order valence-corrected chi connectivity index (χ2v) is 5.14. The van der Waals surface area contributed by atoms with Crippen LogP contribution in [0.25, 0.3) is 10.8 Å². The maximum Gasteiger partial charge on any atom is 0.275 e. The fraction of sp³-hybridized carbons (Fsp3) is 0.312. The van der Waals surface area contributed by atoms with E-state index in [2.05, 4.69) is 5.10 Å². The van der Waals surface area contributed by atoms with Crippen LogP contribution in [0.1, 0.15) is 13.3 Å². The van der Waals surface area contributed by atoms with Crippen molar-refractivity contribution in [2.24, 2.45) is 0 Å². The minimum Gasteiger partial charge on any atom is -0.331 e. The topological polar surface area (TPSA) is 55.2 Å². The molecule has 21 heavy (non-hydrogen) atoms. The molecule has 2 heterocycles. The van der Waals surface area contributed by atoms with Crippen molar-refractivity contribution in [1.29, 1.82) is 0 Å². The average molecular weight is 283 g/mol. The first-order valence-corrected chi connectivity index (χ1v) is 7.11. The van der Waals surface area contributed by atoms with E-state index in [1.54, 1.807) is 17.2 Å². The minimum atomic E-state index is -0.221. The number of hydrogen-bond donors (Lipinski definition) is 0. The lowest BCUT2D eigenvalue weighted by molar-refractivity contribution is -0.132. The highest BCUT2D eigenvalue weighted by Gasteiger charge is 2.23. The Balaban J connectivity index is 1.87. The Bertz CT molecular complexity index is 763. The largest absolute Gasteiger partial charge is 0.331 e. The van der Waals surface area contributed by atoms with Crippen LogP contribution >= 0.6 is 0 Å². The van der Waals surface area contributed by atoms with Crippen LogP contribution in [0.3, 0.4) is 0 Å². The molecule has 1 aliphatic heterocycles. The molecule has 0 N–H and O–H groups in total. The second kappa shape index (κ2) is 5.52. The lowest BCUT2D eigenvalue weighted by atomic mass is 10.2. The van der Waals surface area contributed by atoms with Crippen LogP contribution in [-0.4, -0.2) is 33.2 Å². The normalized spacial score (nSPS) is 17.6. The molecule has 0 radical (unpaired) electrons. The van der Waals surface area contributed by atoms with Gasteiger partial charge in [-0.3, -0.25) is 9.59 Å². The van der Waals surface area contributed by atoms with E-state index < -0.39 is 0 Å². The van der Waals surface area contributed by atoms with Crippen LogP contribution in [0.2, 0.25) is 0 Å². The fourth-order valence-electron chi connectivity index (χ4n) is 2.67. The zero-order valence-corrected chi connectivity index (χ0v) is 11.9. The molecule has 0 bridgehead atoms. The van der Waals surface area contributed by atoms with Crippen LogP contribution in [-0.2, 0) is 11.3 Å². The van der Waals surface area contributed by atoms with Gasteiger partial charge in [0.25, 0.3) is 5.56 Å². The van der Waals surface area contributed by atoms with Gasteiger partial charge in [-0.05, 0) is 12.5 Å². The van der Waals surface area contributed by atoms with E-state index in [1.165, 1.54) is 4.68 Å². The number of benzene rings is 1. The number of amides is 1. The molecule has 5 heteroatoms. The summed E-state index contributed by atoms with van der Waals surface area (Å²) in [5, 5.41) is 5.49. The van der Waals surface area contributed by atoms with Gasteiger partial charge in [0.2, 0.25) is 5.91 Å². The predicted octanol–water partition coefficient (Wildman–Crippen LogP) is 1.57. The number of nitrogens with zero attached hydrogens (tertiary/aromatic N) is 3. The molecule has 3 rings (SSSR count). The quantitative estimate of drug-likeness (QED) is 0.804. The Kier molecular flexibility index (Phi) is 3.56. The highest BCUT2D eigenvalue weighted by atomic mass is 16.2. The van der Waals surface area contributed by atoms with E-state index in [0.717, 1.165) is 11.8 Å². The molecule has 0 saturated carbocycles. The van der Waals surface area contributed by atoms with E-state index in [0.29, 0.717) is 11.9 Å². The molecule has 0 unspecified atom stereocenters. The molecule has 1 aromatic heterocycles. The van der Waals surface area contributed by atoms with Crippen molar-refractivity contribution >= 4 is 16.7 Å². The van der Waals surface area contributed by atoms with Crippen LogP contribution in [0, 0.1) is 0 Å². The van der Waals surface area contributed by atoms with Crippen molar-refractivity contribution in [3.05, 3.63) is 53.0 Å². The van der Waals surface area contributed by atoms with Crippen molar-refractivity contribution in [2.75, 3.05) is 6.54 Å². The molecular weight excluding hydrogens is 266 g/mol. The number of fused-ring (bicyclic) bond motifs is 1. The van der Waals surface area contributed by atoms with Crippen molar-refractivity contribution in [3.63, 3.8) is 0 Å². The third-order valence-electron chi connectivity index (χ3n) is 3.85. The molecule has 0 aliphatic carbocycles. The molecule has 0 fully saturated rings. The zero-order valence-electron chi connectivity index (χ0n) is 11.9. The molecule has 108 valence electrons. The van der Waals surface area contributed by atoms with Crippen LogP contribution in [0.4, 0.5) is 0 Å². The number of hydrogen-bond acceptors (Lipinski definition) is 3. The molecule has 1 aromatic carbocycles. The van der Waals surface area contributed by atoms with E-state index in [1.807, 2.05) is 37.3 Å². The Morgan fingerprint density at radius 3 is 3.00 bits per heavy atom. The Morgan fingerprint density at radius 2 is 2.19 bits per heavy atom. The van der Waals surface area contributed by atoms with Gasteiger partial charge in [0.1, 0.15) is 6.54 Å². The SMILES string of the molecule is CC[C@H]1C=CCN1C(=O)Cn1ncc2ccccc2c1=O. The smallest absolute Gasteiger partial charge is 0.275 e. The molecule has 0 saturated heterocycles.